The number of rotatable bonds is 3. The molecule has 1 aromatic rings. The maximum atomic E-state index is 13.4. The second-order valence-electron chi connectivity index (χ2n) is 7.08. The summed E-state index contributed by atoms with van der Waals surface area (Å²) in [5.74, 6) is -3.49. The Kier molecular flexibility index (Phi) is 5.31. The number of amides is 1. The molecule has 1 spiro atoms. The summed E-state index contributed by atoms with van der Waals surface area (Å²) in [6.45, 7) is -0.827. The number of nitrogens with zero attached hydrogens (tertiary/aromatic N) is 2. The Morgan fingerprint density at radius 3 is 2.52 bits per heavy atom. The van der Waals surface area contributed by atoms with E-state index in [2.05, 4.69) is 4.98 Å². The van der Waals surface area contributed by atoms with Crippen LogP contribution in [0, 0.1) is 11.7 Å². The van der Waals surface area contributed by atoms with Gasteiger partial charge in [-0.25, -0.2) is 9.18 Å². The molecular weight excluding hydrogens is 372 g/mol. The molecule has 2 aliphatic heterocycles. The Labute approximate surface area is 152 Å². The molecule has 0 saturated carbocycles. The molecule has 6 nitrogen and oxygen atoms in total. The summed E-state index contributed by atoms with van der Waals surface area (Å²) in [6, 6.07) is 2.45. The number of carbonyl (C=O) groups is 1. The fraction of sp³-hybridized carbons (Fsp3) is 0.647. The molecule has 3 atom stereocenters. The first kappa shape index (κ1) is 19.8. The van der Waals surface area contributed by atoms with Crippen LogP contribution in [0.5, 0.6) is 0 Å². The number of carboxylic acid groups (broad SMARTS) is 1. The number of aliphatic hydroxyl groups is 1. The van der Waals surface area contributed by atoms with Gasteiger partial charge in [0.05, 0.1) is 24.5 Å². The number of hydrogen-bond acceptors (Lipinski definition) is 4. The first-order chi connectivity index (χ1) is 12.6. The van der Waals surface area contributed by atoms with Gasteiger partial charge in [0, 0.05) is 24.7 Å². The van der Waals surface area contributed by atoms with Crippen molar-refractivity contribution in [3.8, 4) is 0 Å². The van der Waals surface area contributed by atoms with Crippen LogP contribution in [0.2, 0.25) is 0 Å². The van der Waals surface area contributed by atoms with Gasteiger partial charge in [-0.15, -0.1) is 0 Å². The van der Waals surface area contributed by atoms with Gasteiger partial charge in [0.1, 0.15) is 11.7 Å². The number of aromatic nitrogens is 1. The summed E-state index contributed by atoms with van der Waals surface area (Å²) >= 11 is 0. The molecule has 0 radical (unpaired) electrons. The van der Waals surface area contributed by atoms with E-state index in [0.29, 0.717) is 0 Å². The van der Waals surface area contributed by atoms with Crippen LogP contribution in [-0.2, 0) is 4.74 Å². The van der Waals surface area contributed by atoms with E-state index >= 15 is 0 Å². The van der Waals surface area contributed by atoms with Crippen LogP contribution < -0.4 is 0 Å². The van der Waals surface area contributed by atoms with Crippen molar-refractivity contribution < 1.29 is 37.3 Å². The Morgan fingerprint density at radius 2 is 2.04 bits per heavy atom. The van der Waals surface area contributed by atoms with Crippen LogP contribution in [0.1, 0.15) is 30.9 Å². The summed E-state index contributed by atoms with van der Waals surface area (Å²) < 4.78 is 59.4. The number of likely N-dealkylation sites (tertiary alicyclic amines) is 1. The van der Waals surface area contributed by atoms with Gasteiger partial charge in [-0.1, -0.05) is 0 Å². The van der Waals surface area contributed by atoms with Gasteiger partial charge < -0.3 is 19.8 Å². The molecule has 2 saturated heterocycles. The van der Waals surface area contributed by atoms with Crippen molar-refractivity contribution in [1.29, 1.82) is 0 Å². The molecule has 3 heterocycles. The summed E-state index contributed by atoms with van der Waals surface area (Å²) in [5, 5.41) is 18.4. The SMILES string of the molecule is O=C(O)N1CCC2(CC1)CC(c1ccc(F)cn1)[C@H](C(CO)C(F)(F)F)O2. The lowest BCUT2D eigenvalue weighted by Crippen LogP contribution is -2.47. The Hall–Kier alpha value is -1.94. The van der Waals surface area contributed by atoms with Crippen molar-refractivity contribution in [2.45, 2.75) is 43.1 Å². The number of piperidine rings is 1. The second kappa shape index (κ2) is 7.23. The zero-order chi connectivity index (χ0) is 19.8. The average Bonchev–Trinajstić information content (AvgIpc) is 2.94. The molecule has 10 heteroatoms. The predicted octanol–water partition coefficient (Wildman–Crippen LogP) is 2.78. The third-order valence-corrected chi connectivity index (χ3v) is 5.46. The number of ether oxygens (including phenoxy) is 1. The van der Waals surface area contributed by atoms with E-state index in [0.717, 1.165) is 12.3 Å². The molecule has 2 N–H and O–H groups in total. The minimum Gasteiger partial charge on any atom is -0.465 e. The number of halogens is 4. The van der Waals surface area contributed by atoms with E-state index < -0.39 is 48.2 Å². The molecule has 2 aliphatic rings. The lowest BCUT2D eigenvalue weighted by Gasteiger charge is -2.38. The molecule has 0 aromatic carbocycles. The number of hydrogen-bond donors (Lipinski definition) is 2. The predicted molar refractivity (Wildman–Crippen MR) is 84.6 cm³/mol. The topological polar surface area (TPSA) is 82.9 Å². The van der Waals surface area contributed by atoms with Gasteiger partial charge in [0.15, 0.2) is 0 Å². The van der Waals surface area contributed by atoms with Crippen molar-refractivity contribution in [2.24, 2.45) is 5.92 Å². The zero-order valence-corrected chi connectivity index (χ0v) is 14.3. The van der Waals surface area contributed by atoms with Gasteiger partial charge >= 0.3 is 12.3 Å². The summed E-state index contributed by atoms with van der Waals surface area (Å²) in [5.41, 5.74) is -0.655. The van der Waals surface area contributed by atoms with Crippen LogP contribution in [0.3, 0.4) is 0 Å². The molecule has 2 unspecified atom stereocenters. The highest BCUT2D eigenvalue weighted by Gasteiger charge is 2.57. The van der Waals surface area contributed by atoms with Crippen molar-refractivity contribution in [1.82, 2.24) is 9.88 Å². The molecule has 0 aliphatic carbocycles. The first-order valence-electron chi connectivity index (χ1n) is 8.60. The maximum Gasteiger partial charge on any atom is 0.407 e. The third kappa shape index (κ3) is 4.01. The summed E-state index contributed by atoms with van der Waals surface area (Å²) in [6.07, 6.45) is -5.48. The highest BCUT2D eigenvalue weighted by molar-refractivity contribution is 5.65. The van der Waals surface area contributed by atoms with Gasteiger partial charge in [-0.3, -0.25) is 4.98 Å². The Balaban J connectivity index is 1.89. The minimum absolute atomic E-state index is 0.154. The van der Waals surface area contributed by atoms with Gasteiger partial charge in [-0.2, -0.15) is 13.2 Å². The van der Waals surface area contributed by atoms with Crippen LogP contribution in [-0.4, -0.2) is 63.8 Å². The van der Waals surface area contributed by atoms with Crippen molar-refractivity contribution in [3.05, 3.63) is 29.8 Å². The molecule has 2 fully saturated rings. The minimum atomic E-state index is -4.68. The van der Waals surface area contributed by atoms with E-state index in [4.69, 9.17) is 9.84 Å². The smallest absolute Gasteiger partial charge is 0.407 e. The van der Waals surface area contributed by atoms with E-state index in [1.807, 2.05) is 0 Å². The summed E-state index contributed by atoms with van der Waals surface area (Å²) in [7, 11) is 0. The largest absolute Gasteiger partial charge is 0.465 e. The lowest BCUT2D eigenvalue weighted by molar-refractivity contribution is -0.225. The first-order valence-corrected chi connectivity index (χ1v) is 8.60. The van der Waals surface area contributed by atoms with Gasteiger partial charge in [0.2, 0.25) is 0 Å². The fourth-order valence-electron chi connectivity index (χ4n) is 4.00. The molecule has 150 valence electrons. The fourth-order valence-corrected chi connectivity index (χ4v) is 4.00. The summed E-state index contributed by atoms with van der Waals surface area (Å²) in [4.78, 5) is 16.2. The average molecular weight is 392 g/mol. The van der Waals surface area contributed by atoms with E-state index in [9.17, 15) is 27.5 Å². The van der Waals surface area contributed by atoms with Crippen molar-refractivity contribution >= 4 is 6.09 Å². The molecule has 1 amide bonds. The highest BCUT2D eigenvalue weighted by Crippen LogP contribution is 2.50. The van der Waals surface area contributed by atoms with E-state index in [-0.39, 0.29) is 38.0 Å². The zero-order valence-electron chi connectivity index (χ0n) is 14.3. The Bertz CT molecular complexity index is 675. The standard InChI is InChI=1S/C17H20F4N2O4/c18-10-1-2-13(22-8-10)11-7-16(3-5-23(6-4-16)15(25)26)27-14(11)12(9-24)17(19,20)21/h1-2,8,11-12,14,24H,3-7,9H2,(H,25,26)/t11?,12?,14-/m1/s1. The molecule has 3 rings (SSSR count). The van der Waals surface area contributed by atoms with Crippen LogP contribution >= 0.6 is 0 Å². The molecule has 1 aromatic heterocycles. The van der Waals surface area contributed by atoms with Crippen molar-refractivity contribution in [3.63, 3.8) is 0 Å². The Morgan fingerprint density at radius 1 is 1.37 bits per heavy atom. The van der Waals surface area contributed by atoms with Gasteiger partial charge in [-0.05, 0) is 31.4 Å². The molecule has 27 heavy (non-hydrogen) atoms. The van der Waals surface area contributed by atoms with Crippen molar-refractivity contribution in [2.75, 3.05) is 19.7 Å². The maximum absolute atomic E-state index is 13.4. The number of alkyl halides is 3. The number of aliphatic hydroxyl groups excluding tert-OH is 1. The second-order valence-corrected chi connectivity index (χ2v) is 7.08. The molecule has 0 bridgehead atoms. The van der Waals surface area contributed by atoms with Crippen LogP contribution in [0.15, 0.2) is 18.3 Å². The normalized spacial score (nSPS) is 26.3. The lowest BCUT2D eigenvalue weighted by atomic mass is 9.81. The number of pyridine rings is 1. The quantitative estimate of drug-likeness (QED) is 0.773. The van der Waals surface area contributed by atoms with E-state index in [1.165, 1.54) is 11.0 Å². The monoisotopic (exact) mass is 392 g/mol. The van der Waals surface area contributed by atoms with Crippen LogP contribution in [0.4, 0.5) is 22.4 Å². The van der Waals surface area contributed by atoms with E-state index in [1.54, 1.807) is 0 Å². The molecular formula is C17H20F4N2O4. The third-order valence-electron chi connectivity index (χ3n) is 5.46. The van der Waals surface area contributed by atoms with Gasteiger partial charge in [0.25, 0.3) is 0 Å². The van der Waals surface area contributed by atoms with Crippen LogP contribution in [0.25, 0.3) is 0 Å². The highest BCUT2D eigenvalue weighted by atomic mass is 19.4.